The zero-order valence-corrected chi connectivity index (χ0v) is 10.4. The number of nitriles is 1. The van der Waals surface area contributed by atoms with Gasteiger partial charge in [0.2, 0.25) is 0 Å². The van der Waals surface area contributed by atoms with Crippen LogP contribution in [0.2, 0.25) is 0 Å². The number of halogens is 1. The first kappa shape index (κ1) is 12.8. The number of ether oxygens (including phenoxy) is 1. The van der Waals surface area contributed by atoms with E-state index in [2.05, 4.69) is 11.4 Å². The molecule has 0 heterocycles. The Morgan fingerprint density at radius 3 is 3.06 bits per heavy atom. The molecular weight excluding hydrogens is 231 g/mol. The van der Waals surface area contributed by atoms with Crippen molar-refractivity contribution in [3.05, 3.63) is 30.1 Å². The molecule has 1 aliphatic carbocycles. The molecule has 2 unspecified atom stereocenters. The summed E-state index contributed by atoms with van der Waals surface area (Å²) in [6.07, 6.45) is 3.41. The monoisotopic (exact) mass is 248 g/mol. The van der Waals surface area contributed by atoms with Crippen LogP contribution >= 0.6 is 0 Å². The predicted molar refractivity (Wildman–Crippen MR) is 67.6 cm³/mol. The first-order valence-corrected chi connectivity index (χ1v) is 6.15. The molecule has 0 radical (unpaired) electrons. The fraction of sp³-hybridized carbons (Fsp3) is 0.500. The third-order valence-corrected chi connectivity index (χ3v) is 3.46. The molecule has 1 saturated carbocycles. The highest BCUT2D eigenvalue weighted by molar-refractivity contribution is 5.48. The maximum absolute atomic E-state index is 13.1. The molecular formula is C14H17FN2O. The van der Waals surface area contributed by atoms with Crippen LogP contribution in [0.5, 0.6) is 0 Å². The Morgan fingerprint density at radius 1 is 1.56 bits per heavy atom. The van der Waals surface area contributed by atoms with Gasteiger partial charge in [0, 0.05) is 19.2 Å². The summed E-state index contributed by atoms with van der Waals surface area (Å²) in [6.45, 7) is 0. The minimum absolute atomic E-state index is 0.0967. The van der Waals surface area contributed by atoms with E-state index in [-0.39, 0.29) is 11.9 Å². The molecule has 3 nitrogen and oxygen atoms in total. The maximum Gasteiger partial charge on any atom is 0.127 e. The van der Waals surface area contributed by atoms with E-state index >= 15 is 0 Å². The van der Waals surface area contributed by atoms with Crippen molar-refractivity contribution >= 4 is 5.69 Å². The second kappa shape index (κ2) is 5.36. The molecule has 0 spiro atoms. The molecule has 1 N–H and O–H groups in total. The molecule has 1 aliphatic rings. The minimum Gasteiger partial charge on any atom is -0.381 e. The van der Waals surface area contributed by atoms with Gasteiger partial charge in [-0.05, 0) is 37.5 Å². The Hall–Kier alpha value is -1.60. The molecule has 0 saturated heterocycles. The van der Waals surface area contributed by atoms with E-state index in [0.29, 0.717) is 12.1 Å². The van der Waals surface area contributed by atoms with Gasteiger partial charge in [-0.2, -0.15) is 5.26 Å². The van der Waals surface area contributed by atoms with Crippen LogP contribution in [0.4, 0.5) is 10.1 Å². The van der Waals surface area contributed by atoms with Crippen LogP contribution in [0.25, 0.3) is 0 Å². The number of rotatable bonds is 3. The fourth-order valence-electron chi connectivity index (χ4n) is 2.51. The van der Waals surface area contributed by atoms with Gasteiger partial charge in [-0.25, -0.2) is 4.39 Å². The molecule has 4 heteroatoms. The van der Waals surface area contributed by atoms with Crippen LogP contribution in [-0.2, 0) is 4.74 Å². The largest absolute Gasteiger partial charge is 0.381 e. The van der Waals surface area contributed by atoms with Gasteiger partial charge in [-0.3, -0.25) is 0 Å². The standard InChI is InChI=1S/C14H17FN2O/c1-18-13-6-3-7-14(9-13,10-16)17-12-5-2-4-11(15)8-12/h2,4-5,8,13,17H,3,6-7,9H2,1H3. The van der Waals surface area contributed by atoms with Crippen molar-refractivity contribution in [3.8, 4) is 6.07 Å². The summed E-state index contributed by atoms with van der Waals surface area (Å²) in [5.74, 6) is -0.299. The molecule has 0 aromatic heterocycles. The third kappa shape index (κ3) is 2.80. The Morgan fingerprint density at radius 2 is 2.39 bits per heavy atom. The summed E-state index contributed by atoms with van der Waals surface area (Å²) < 4.78 is 18.5. The van der Waals surface area contributed by atoms with Crippen molar-refractivity contribution in [3.63, 3.8) is 0 Å². The number of nitrogens with one attached hydrogen (secondary N) is 1. The number of methoxy groups -OCH3 is 1. The summed E-state index contributed by atoms with van der Waals surface area (Å²) >= 11 is 0. The van der Waals surface area contributed by atoms with Crippen LogP contribution in [0.1, 0.15) is 25.7 Å². The number of benzene rings is 1. The molecule has 18 heavy (non-hydrogen) atoms. The molecule has 2 rings (SSSR count). The lowest BCUT2D eigenvalue weighted by Gasteiger charge is -2.36. The number of anilines is 1. The van der Waals surface area contributed by atoms with Gasteiger partial charge in [-0.1, -0.05) is 6.07 Å². The SMILES string of the molecule is COC1CCCC(C#N)(Nc2cccc(F)c2)C1. The summed E-state index contributed by atoms with van der Waals surface area (Å²) in [5, 5.41) is 12.6. The van der Waals surface area contributed by atoms with Crippen molar-refractivity contribution < 1.29 is 9.13 Å². The summed E-state index contributed by atoms with van der Waals surface area (Å²) in [6, 6.07) is 8.55. The second-order valence-electron chi connectivity index (χ2n) is 4.78. The molecule has 2 atom stereocenters. The van der Waals surface area contributed by atoms with E-state index in [9.17, 15) is 9.65 Å². The van der Waals surface area contributed by atoms with E-state index in [1.54, 1.807) is 19.2 Å². The topological polar surface area (TPSA) is 45.0 Å². The lowest BCUT2D eigenvalue weighted by atomic mass is 9.81. The Labute approximate surface area is 107 Å². The highest BCUT2D eigenvalue weighted by Crippen LogP contribution is 2.32. The van der Waals surface area contributed by atoms with Crippen molar-refractivity contribution in [2.24, 2.45) is 0 Å². The molecule has 1 aromatic carbocycles. The fourth-order valence-corrected chi connectivity index (χ4v) is 2.51. The average Bonchev–Trinajstić information content (AvgIpc) is 2.39. The van der Waals surface area contributed by atoms with Crippen molar-refractivity contribution in [1.82, 2.24) is 0 Å². The lowest BCUT2D eigenvalue weighted by molar-refractivity contribution is 0.0569. The number of hydrogen-bond donors (Lipinski definition) is 1. The highest BCUT2D eigenvalue weighted by Gasteiger charge is 2.36. The zero-order chi connectivity index (χ0) is 13.0. The third-order valence-electron chi connectivity index (χ3n) is 3.46. The van der Waals surface area contributed by atoms with E-state index < -0.39 is 5.54 Å². The van der Waals surface area contributed by atoms with Crippen LogP contribution in [0.15, 0.2) is 24.3 Å². The Bertz CT molecular complexity index is 457. The Balaban J connectivity index is 2.16. The summed E-state index contributed by atoms with van der Waals surface area (Å²) in [7, 11) is 1.67. The van der Waals surface area contributed by atoms with Crippen LogP contribution in [0, 0.1) is 17.1 Å². The van der Waals surface area contributed by atoms with Crippen LogP contribution < -0.4 is 5.32 Å². The smallest absolute Gasteiger partial charge is 0.127 e. The van der Waals surface area contributed by atoms with Gasteiger partial charge in [0.05, 0.1) is 12.2 Å². The zero-order valence-electron chi connectivity index (χ0n) is 10.4. The van der Waals surface area contributed by atoms with Crippen LogP contribution in [-0.4, -0.2) is 18.8 Å². The predicted octanol–water partition coefficient (Wildman–Crippen LogP) is 3.09. The lowest BCUT2D eigenvalue weighted by Crippen LogP contribution is -2.43. The summed E-state index contributed by atoms with van der Waals surface area (Å²) in [5.41, 5.74) is 0.000466. The van der Waals surface area contributed by atoms with E-state index in [1.165, 1.54) is 12.1 Å². The summed E-state index contributed by atoms with van der Waals surface area (Å²) in [4.78, 5) is 0. The molecule has 1 fully saturated rings. The molecule has 96 valence electrons. The highest BCUT2D eigenvalue weighted by atomic mass is 19.1. The van der Waals surface area contributed by atoms with Crippen LogP contribution in [0.3, 0.4) is 0 Å². The number of nitrogens with zero attached hydrogens (tertiary/aromatic N) is 1. The van der Waals surface area contributed by atoms with E-state index in [0.717, 1.165) is 19.3 Å². The van der Waals surface area contributed by atoms with Gasteiger partial charge in [0.25, 0.3) is 0 Å². The van der Waals surface area contributed by atoms with Gasteiger partial charge >= 0.3 is 0 Å². The second-order valence-corrected chi connectivity index (χ2v) is 4.78. The van der Waals surface area contributed by atoms with Gasteiger partial charge in [0.1, 0.15) is 11.4 Å². The minimum atomic E-state index is -0.646. The van der Waals surface area contributed by atoms with Gasteiger partial charge in [0.15, 0.2) is 0 Å². The maximum atomic E-state index is 13.1. The Kier molecular flexibility index (Phi) is 3.83. The van der Waals surface area contributed by atoms with Crippen molar-refractivity contribution in [1.29, 1.82) is 5.26 Å². The van der Waals surface area contributed by atoms with Gasteiger partial charge in [-0.15, -0.1) is 0 Å². The molecule has 1 aromatic rings. The van der Waals surface area contributed by atoms with E-state index in [1.807, 2.05) is 0 Å². The quantitative estimate of drug-likeness (QED) is 0.894. The van der Waals surface area contributed by atoms with Gasteiger partial charge < -0.3 is 10.1 Å². The molecule has 0 amide bonds. The first-order valence-electron chi connectivity index (χ1n) is 6.15. The van der Waals surface area contributed by atoms with Crippen molar-refractivity contribution in [2.75, 3.05) is 12.4 Å². The molecule has 0 aliphatic heterocycles. The normalized spacial score (nSPS) is 27.5. The molecule has 0 bridgehead atoms. The first-order chi connectivity index (χ1) is 8.67. The number of hydrogen-bond acceptors (Lipinski definition) is 3. The van der Waals surface area contributed by atoms with Crippen molar-refractivity contribution in [2.45, 2.75) is 37.3 Å². The average molecular weight is 248 g/mol. The van der Waals surface area contributed by atoms with E-state index in [4.69, 9.17) is 4.74 Å².